The maximum Gasteiger partial charge on any atom is 0.144 e. The van der Waals surface area contributed by atoms with Crippen LogP contribution in [0.3, 0.4) is 0 Å². The molecule has 2 rings (SSSR count). The predicted octanol–water partition coefficient (Wildman–Crippen LogP) is 4.57. The van der Waals surface area contributed by atoms with Gasteiger partial charge < -0.3 is 5.32 Å². The topological polar surface area (TPSA) is 48.7 Å². The zero-order valence-corrected chi connectivity index (χ0v) is 12.9. The molecule has 2 aromatic rings. The number of nitrogens with zero attached hydrogens (tertiary/aromatic N) is 2. The Labute approximate surface area is 126 Å². The molecule has 1 aromatic carbocycles. The minimum Gasteiger partial charge on any atom is -0.369 e. The molecule has 0 fully saturated rings. The second-order valence-corrected chi connectivity index (χ2v) is 5.38. The first-order chi connectivity index (χ1) is 10.2. The molecule has 108 valence electrons. The molecule has 0 aliphatic rings. The zero-order chi connectivity index (χ0) is 15.2. The summed E-state index contributed by atoms with van der Waals surface area (Å²) in [6.07, 6.45) is 0.999. The molecule has 21 heavy (non-hydrogen) atoms. The number of anilines is 1. The van der Waals surface area contributed by atoms with Gasteiger partial charge in [-0.1, -0.05) is 51.1 Å². The SMILES string of the molecule is CCCNc1nc(-c2ccccc2)c(C(C)C)cc1C#N. The standard InChI is InChI=1S/C18H21N3/c1-4-10-20-18-15(12-19)11-16(13(2)3)17(21-18)14-8-6-5-7-9-14/h5-9,11,13H,4,10H2,1-3H3,(H,20,21). The molecular formula is C18H21N3. The summed E-state index contributed by atoms with van der Waals surface area (Å²) >= 11 is 0. The Morgan fingerprint density at radius 1 is 1.24 bits per heavy atom. The number of benzene rings is 1. The van der Waals surface area contributed by atoms with Crippen LogP contribution in [-0.4, -0.2) is 11.5 Å². The Kier molecular flexibility index (Phi) is 4.94. The number of hydrogen-bond acceptors (Lipinski definition) is 3. The first-order valence-corrected chi connectivity index (χ1v) is 7.41. The van der Waals surface area contributed by atoms with E-state index in [1.807, 2.05) is 24.3 Å². The Hall–Kier alpha value is -2.34. The lowest BCUT2D eigenvalue weighted by Crippen LogP contribution is -2.07. The largest absolute Gasteiger partial charge is 0.369 e. The summed E-state index contributed by atoms with van der Waals surface area (Å²) in [7, 11) is 0. The van der Waals surface area contributed by atoms with E-state index in [2.05, 4.69) is 44.3 Å². The number of aromatic nitrogens is 1. The van der Waals surface area contributed by atoms with Gasteiger partial charge in [0.2, 0.25) is 0 Å². The fourth-order valence-electron chi connectivity index (χ4n) is 2.26. The van der Waals surface area contributed by atoms with Gasteiger partial charge in [0.25, 0.3) is 0 Å². The summed E-state index contributed by atoms with van der Waals surface area (Å²) < 4.78 is 0. The lowest BCUT2D eigenvalue weighted by atomic mass is 9.95. The Balaban J connectivity index is 2.58. The van der Waals surface area contributed by atoms with Crippen molar-refractivity contribution >= 4 is 5.82 Å². The van der Waals surface area contributed by atoms with Crippen LogP contribution in [0.2, 0.25) is 0 Å². The summed E-state index contributed by atoms with van der Waals surface area (Å²) in [5.41, 5.74) is 3.78. The third-order valence-electron chi connectivity index (χ3n) is 3.38. The minimum atomic E-state index is 0.319. The van der Waals surface area contributed by atoms with Crippen molar-refractivity contribution in [1.29, 1.82) is 5.26 Å². The number of nitriles is 1. The van der Waals surface area contributed by atoms with Gasteiger partial charge in [-0.3, -0.25) is 0 Å². The highest BCUT2D eigenvalue weighted by molar-refractivity contribution is 5.69. The molecule has 3 heteroatoms. The molecule has 1 heterocycles. The molecule has 3 nitrogen and oxygen atoms in total. The molecule has 0 amide bonds. The van der Waals surface area contributed by atoms with Crippen molar-refractivity contribution in [2.75, 3.05) is 11.9 Å². The van der Waals surface area contributed by atoms with Crippen LogP contribution in [0.5, 0.6) is 0 Å². The van der Waals surface area contributed by atoms with E-state index in [-0.39, 0.29) is 0 Å². The van der Waals surface area contributed by atoms with E-state index in [0.717, 1.165) is 29.8 Å². The van der Waals surface area contributed by atoms with Crippen molar-refractivity contribution in [2.24, 2.45) is 0 Å². The molecule has 0 saturated heterocycles. The molecule has 0 aliphatic heterocycles. The molecule has 1 aromatic heterocycles. The Bertz CT molecular complexity index is 640. The van der Waals surface area contributed by atoms with Gasteiger partial charge in [0.05, 0.1) is 11.3 Å². The molecule has 0 radical (unpaired) electrons. The second-order valence-electron chi connectivity index (χ2n) is 5.38. The number of hydrogen-bond donors (Lipinski definition) is 1. The van der Waals surface area contributed by atoms with Gasteiger partial charge in [0, 0.05) is 12.1 Å². The quantitative estimate of drug-likeness (QED) is 0.872. The summed E-state index contributed by atoms with van der Waals surface area (Å²) in [6.45, 7) is 7.17. The molecule has 0 atom stereocenters. The smallest absolute Gasteiger partial charge is 0.144 e. The van der Waals surface area contributed by atoms with Gasteiger partial charge in [-0.2, -0.15) is 5.26 Å². The third-order valence-corrected chi connectivity index (χ3v) is 3.38. The van der Waals surface area contributed by atoms with Crippen molar-refractivity contribution in [1.82, 2.24) is 4.98 Å². The van der Waals surface area contributed by atoms with Gasteiger partial charge >= 0.3 is 0 Å². The van der Waals surface area contributed by atoms with Crippen LogP contribution in [0.25, 0.3) is 11.3 Å². The normalized spacial score (nSPS) is 10.4. The highest BCUT2D eigenvalue weighted by atomic mass is 15.0. The molecule has 0 aliphatic carbocycles. The van der Waals surface area contributed by atoms with Crippen molar-refractivity contribution < 1.29 is 0 Å². The second kappa shape index (κ2) is 6.90. The molecule has 0 saturated carbocycles. The Morgan fingerprint density at radius 2 is 1.95 bits per heavy atom. The number of rotatable bonds is 5. The first kappa shape index (κ1) is 15.1. The summed E-state index contributed by atoms with van der Waals surface area (Å²) in [5.74, 6) is 1.00. The monoisotopic (exact) mass is 279 g/mol. The predicted molar refractivity (Wildman–Crippen MR) is 87.3 cm³/mol. The van der Waals surface area contributed by atoms with E-state index < -0.39 is 0 Å². The van der Waals surface area contributed by atoms with Crippen molar-refractivity contribution in [3.8, 4) is 17.3 Å². The lowest BCUT2D eigenvalue weighted by Gasteiger charge is -2.16. The lowest BCUT2D eigenvalue weighted by molar-refractivity contribution is 0.859. The van der Waals surface area contributed by atoms with Gasteiger partial charge in [-0.15, -0.1) is 0 Å². The highest BCUT2D eigenvalue weighted by Crippen LogP contribution is 2.30. The van der Waals surface area contributed by atoms with Crippen LogP contribution in [-0.2, 0) is 0 Å². The molecule has 1 N–H and O–H groups in total. The van der Waals surface area contributed by atoms with Crippen molar-refractivity contribution in [2.45, 2.75) is 33.1 Å². The van der Waals surface area contributed by atoms with E-state index in [9.17, 15) is 5.26 Å². The zero-order valence-electron chi connectivity index (χ0n) is 12.9. The minimum absolute atomic E-state index is 0.319. The van der Waals surface area contributed by atoms with Crippen LogP contribution in [0.15, 0.2) is 36.4 Å². The van der Waals surface area contributed by atoms with Gasteiger partial charge in [0.15, 0.2) is 0 Å². The van der Waals surface area contributed by atoms with E-state index in [1.165, 1.54) is 0 Å². The van der Waals surface area contributed by atoms with Crippen LogP contribution < -0.4 is 5.32 Å². The molecular weight excluding hydrogens is 258 g/mol. The fraction of sp³-hybridized carbons (Fsp3) is 0.333. The Morgan fingerprint density at radius 3 is 2.52 bits per heavy atom. The maximum absolute atomic E-state index is 9.36. The summed E-state index contributed by atoms with van der Waals surface area (Å²) in [4.78, 5) is 4.74. The highest BCUT2D eigenvalue weighted by Gasteiger charge is 2.15. The van der Waals surface area contributed by atoms with Crippen molar-refractivity contribution in [3.05, 3.63) is 47.5 Å². The van der Waals surface area contributed by atoms with Gasteiger partial charge in [-0.05, 0) is 24.0 Å². The van der Waals surface area contributed by atoms with E-state index >= 15 is 0 Å². The fourth-order valence-corrected chi connectivity index (χ4v) is 2.26. The van der Waals surface area contributed by atoms with Crippen LogP contribution >= 0.6 is 0 Å². The average Bonchev–Trinajstić information content (AvgIpc) is 2.52. The summed E-state index contributed by atoms with van der Waals surface area (Å²) in [6, 6.07) is 14.4. The summed E-state index contributed by atoms with van der Waals surface area (Å²) in [5, 5.41) is 12.6. The molecule has 0 unspecified atom stereocenters. The van der Waals surface area contributed by atoms with Crippen LogP contribution in [0.4, 0.5) is 5.82 Å². The maximum atomic E-state index is 9.36. The number of pyridine rings is 1. The average molecular weight is 279 g/mol. The number of nitrogens with one attached hydrogen (secondary N) is 1. The first-order valence-electron chi connectivity index (χ1n) is 7.41. The van der Waals surface area contributed by atoms with Crippen LogP contribution in [0.1, 0.15) is 44.2 Å². The van der Waals surface area contributed by atoms with E-state index in [1.54, 1.807) is 0 Å². The molecule has 0 bridgehead atoms. The van der Waals surface area contributed by atoms with Gasteiger partial charge in [-0.25, -0.2) is 4.98 Å². The van der Waals surface area contributed by atoms with E-state index in [0.29, 0.717) is 17.3 Å². The van der Waals surface area contributed by atoms with Gasteiger partial charge in [0.1, 0.15) is 11.9 Å². The van der Waals surface area contributed by atoms with E-state index in [4.69, 9.17) is 4.98 Å². The van der Waals surface area contributed by atoms with Crippen molar-refractivity contribution in [3.63, 3.8) is 0 Å². The molecule has 0 spiro atoms. The third kappa shape index (κ3) is 3.41. The van der Waals surface area contributed by atoms with Crippen LogP contribution in [0, 0.1) is 11.3 Å².